The van der Waals surface area contributed by atoms with Crippen molar-refractivity contribution in [1.29, 1.82) is 0 Å². The Balaban J connectivity index is 1.77. The van der Waals surface area contributed by atoms with E-state index in [4.69, 9.17) is 11.6 Å². The van der Waals surface area contributed by atoms with Gasteiger partial charge in [-0.05, 0) is 29.8 Å². The molecule has 0 unspecified atom stereocenters. The van der Waals surface area contributed by atoms with Crippen LogP contribution in [0.25, 0.3) is 10.9 Å². The average Bonchev–Trinajstić information content (AvgIpc) is 2.71. The fraction of sp³-hybridized carbons (Fsp3) is 0.0909. The highest BCUT2D eigenvalue weighted by molar-refractivity contribution is 7.98. The highest BCUT2D eigenvalue weighted by atomic mass is 35.5. The van der Waals surface area contributed by atoms with Gasteiger partial charge in [-0.1, -0.05) is 71.9 Å². The third-order valence-corrected chi connectivity index (χ3v) is 5.77. The molecular formula is C22H16ClFN2OS. The Morgan fingerprint density at radius 1 is 0.964 bits per heavy atom. The van der Waals surface area contributed by atoms with Crippen LogP contribution in [0, 0.1) is 5.82 Å². The lowest BCUT2D eigenvalue weighted by molar-refractivity contribution is 0.617. The molecule has 0 radical (unpaired) electrons. The first-order chi connectivity index (χ1) is 13.6. The standard InChI is InChI=1S/C22H16ClFN2OS/c23-18-10-6-11-19(24)17(18)14-28-22-25-20-12-5-4-9-16(20)21(27)26(22)13-15-7-2-1-3-8-15/h1-12H,13-14H2. The molecular weight excluding hydrogens is 395 g/mol. The Labute approximate surface area is 170 Å². The Hall–Kier alpha value is -2.63. The minimum atomic E-state index is -0.363. The van der Waals surface area contributed by atoms with Crippen LogP contribution in [-0.4, -0.2) is 9.55 Å². The number of hydrogen-bond donors (Lipinski definition) is 0. The van der Waals surface area contributed by atoms with Gasteiger partial charge in [-0.25, -0.2) is 9.37 Å². The lowest BCUT2D eigenvalue weighted by Crippen LogP contribution is -2.24. The molecule has 1 heterocycles. The number of halogens is 2. The third kappa shape index (κ3) is 3.81. The van der Waals surface area contributed by atoms with Crippen molar-refractivity contribution in [2.75, 3.05) is 0 Å². The molecule has 0 amide bonds. The first kappa shape index (κ1) is 18.7. The topological polar surface area (TPSA) is 34.9 Å². The van der Waals surface area contributed by atoms with Gasteiger partial charge in [0.05, 0.1) is 17.4 Å². The van der Waals surface area contributed by atoms with Crippen LogP contribution in [0.4, 0.5) is 4.39 Å². The molecule has 0 N–H and O–H groups in total. The number of benzene rings is 3. The quantitative estimate of drug-likeness (QED) is 0.320. The van der Waals surface area contributed by atoms with E-state index in [2.05, 4.69) is 4.98 Å². The molecule has 1 aromatic heterocycles. The minimum absolute atomic E-state index is 0.114. The van der Waals surface area contributed by atoms with E-state index < -0.39 is 0 Å². The Morgan fingerprint density at radius 2 is 1.71 bits per heavy atom. The zero-order valence-corrected chi connectivity index (χ0v) is 16.4. The van der Waals surface area contributed by atoms with Gasteiger partial charge in [0.1, 0.15) is 5.82 Å². The molecule has 6 heteroatoms. The van der Waals surface area contributed by atoms with Gasteiger partial charge in [0, 0.05) is 16.3 Å². The minimum Gasteiger partial charge on any atom is -0.283 e. The molecule has 0 saturated heterocycles. The monoisotopic (exact) mass is 410 g/mol. The smallest absolute Gasteiger partial charge is 0.262 e. The van der Waals surface area contributed by atoms with E-state index in [-0.39, 0.29) is 17.1 Å². The van der Waals surface area contributed by atoms with Gasteiger partial charge in [0.25, 0.3) is 5.56 Å². The van der Waals surface area contributed by atoms with E-state index in [0.717, 1.165) is 5.56 Å². The van der Waals surface area contributed by atoms with E-state index in [1.54, 1.807) is 22.8 Å². The number of aromatic nitrogens is 2. The first-order valence-electron chi connectivity index (χ1n) is 8.72. The fourth-order valence-electron chi connectivity index (χ4n) is 2.97. The van der Waals surface area contributed by atoms with Gasteiger partial charge in [-0.3, -0.25) is 9.36 Å². The van der Waals surface area contributed by atoms with Crippen molar-refractivity contribution in [3.8, 4) is 0 Å². The number of fused-ring (bicyclic) bond motifs is 1. The van der Waals surface area contributed by atoms with E-state index in [1.807, 2.05) is 48.5 Å². The molecule has 0 bridgehead atoms. The maximum Gasteiger partial charge on any atom is 0.262 e. The number of nitrogens with zero attached hydrogens (tertiary/aromatic N) is 2. The van der Waals surface area contributed by atoms with Gasteiger partial charge < -0.3 is 0 Å². The summed E-state index contributed by atoms with van der Waals surface area (Å²) in [5.41, 5.74) is 1.91. The highest BCUT2D eigenvalue weighted by Gasteiger charge is 2.14. The maximum absolute atomic E-state index is 14.1. The zero-order chi connectivity index (χ0) is 19.5. The number of hydrogen-bond acceptors (Lipinski definition) is 3. The second-order valence-corrected chi connectivity index (χ2v) is 7.63. The summed E-state index contributed by atoms with van der Waals surface area (Å²) in [6.07, 6.45) is 0. The molecule has 4 rings (SSSR count). The van der Waals surface area contributed by atoms with E-state index in [0.29, 0.717) is 33.2 Å². The van der Waals surface area contributed by atoms with Crippen LogP contribution < -0.4 is 5.56 Å². The van der Waals surface area contributed by atoms with Crippen LogP contribution in [0.2, 0.25) is 5.02 Å². The normalized spacial score (nSPS) is 11.1. The Bertz CT molecular complexity index is 1170. The van der Waals surface area contributed by atoms with Crippen molar-refractivity contribution >= 4 is 34.3 Å². The van der Waals surface area contributed by atoms with Crippen molar-refractivity contribution in [2.24, 2.45) is 0 Å². The van der Waals surface area contributed by atoms with Gasteiger partial charge in [-0.15, -0.1) is 0 Å². The molecule has 28 heavy (non-hydrogen) atoms. The molecule has 0 fully saturated rings. The first-order valence-corrected chi connectivity index (χ1v) is 10.1. The van der Waals surface area contributed by atoms with E-state index in [1.165, 1.54) is 17.8 Å². The second kappa shape index (κ2) is 8.17. The number of para-hydroxylation sites is 1. The summed E-state index contributed by atoms with van der Waals surface area (Å²) in [6, 6.07) is 21.6. The molecule has 140 valence electrons. The predicted octanol–water partition coefficient (Wildman–Crippen LogP) is 5.53. The average molecular weight is 411 g/mol. The highest BCUT2D eigenvalue weighted by Crippen LogP contribution is 2.28. The van der Waals surface area contributed by atoms with Gasteiger partial charge in [0.15, 0.2) is 5.16 Å². The lowest BCUT2D eigenvalue weighted by Gasteiger charge is -2.14. The summed E-state index contributed by atoms with van der Waals surface area (Å²) in [6.45, 7) is 0.394. The molecule has 0 spiro atoms. The summed E-state index contributed by atoms with van der Waals surface area (Å²) < 4.78 is 15.8. The van der Waals surface area contributed by atoms with E-state index in [9.17, 15) is 9.18 Å². The van der Waals surface area contributed by atoms with Crippen LogP contribution in [-0.2, 0) is 12.3 Å². The molecule has 0 atom stereocenters. The Kier molecular flexibility index (Phi) is 5.46. The summed E-state index contributed by atoms with van der Waals surface area (Å²) in [5, 5.41) is 1.46. The molecule has 4 aromatic rings. The zero-order valence-electron chi connectivity index (χ0n) is 14.8. The van der Waals surface area contributed by atoms with E-state index >= 15 is 0 Å². The molecule has 0 aliphatic heterocycles. The molecule has 3 nitrogen and oxygen atoms in total. The molecule has 0 aliphatic carbocycles. The largest absolute Gasteiger partial charge is 0.283 e. The van der Waals surface area contributed by atoms with Crippen molar-refractivity contribution in [2.45, 2.75) is 17.5 Å². The summed E-state index contributed by atoms with van der Waals surface area (Å²) in [5.74, 6) is -0.0804. The van der Waals surface area contributed by atoms with Gasteiger partial charge in [0.2, 0.25) is 0 Å². The summed E-state index contributed by atoms with van der Waals surface area (Å²) in [7, 11) is 0. The molecule has 0 aliphatic rings. The fourth-order valence-corrected chi connectivity index (χ4v) is 4.31. The van der Waals surface area contributed by atoms with Crippen molar-refractivity contribution < 1.29 is 4.39 Å². The van der Waals surface area contributed by atoms with Gasteiger partial charge >= 0.3 is 0 Å². The molecule has 0 saturated carbocycles. The van der Waals surface area contributed by atoms with Crippen LogP contribution in [0.15, 0.2) is 82.7 Å². The van der Waals surface area contributed by atoms with Crippen LogP contribution in [0.1, 0.15) is 11.1 Å². The predicted molar refractivity (Wildman–Crippen MR) is 113 cm³/mol. The van der Waals surface area contributed by atoms with Crippen LogP contribution in [0.5, 0.6) is 0 Å². The second-order valence-electron chi connectivity index (χ2n) is 6.28. The Morgan fingerprint density at radius 3 is 2.50 bits per heavy atom. The third-order valence-electron chi connectivity index (χ3n) is 4.42. The maximum atomic E-state index is 14.1. The number of thioether (sulfide) groups is 1. The molecule has 3 aromatic carbocycles. The van der Waals surface area contributed by atoms with Crippen molar-refractivity contribution in [3.63, 3.8) is 0 Å². The summed E-state index contributed by atoms with van der Waals surface area (Å²) in [4.78, 5) is 17.8. The number of rotatable bonds is 5. The SMILES string of the molecule is O=c1c2ccccc2nc(SCc2c(F)cccc2Cl)n1Cc1ccccc1. The van der Waals surface area contributed by atoms with Crippen molar-refractivity contribution in [1.82, 2.24) is 9.55 Å². The van der Waals surface area contributed by atoms with Crippen LogP contribution in [0.3, 0.4) is 0 Å². The van der Waals surface area contributed by atoms with Gasteiger partial charge in [-0.2, -0.15) is 0 Å². The lowest BCUT2D eigenvalue weighted by atomic mass is 10.2. The van der Waals surface area contributed by atoms with Crippen LogP contribution >= 0.6 is 23.4 Å². The van der Waals surface area contributed by atoms with Crippen molar-refractivity contribution in [3.05, 3.63) is 105 Å². The summed E-state index contributed by atoms with van der Waals surface area (Å²) >= 11 is 7.45.